The summed E-state index contributed by atoms with van der Waals surface area (Å²) in [5.41, 5.74) is 2.17. The predicted molar refractivity (Wildman–Crippen MR) is 141 cm³/mol. The number of hydrogen-bond donors (Lipinski definition) is 2. The molecule has 0 spiro atoms. The first-order valence-corrected chi connectivity index (χ1v) is 11.0. The summed E-state index contributed by atoms with van der Waals surface area (Å²) in [7, 11) is 1.64. The zero-order valence-corrected chi connectivity index (χ0v) is 21.5. The second kappa shape index (κ2) is 14.2. The Kier molecular flexibility index (Phi) is 11.6. The minimum Gasteiger partial charge on any atom is -0.493 e. The summed E-state index contributed by atoms with van der Waals surface area (Å²) in [5, 5.41) is 6.74. The number of aliphatic imine (C=N–C) groups is 1. The van der Waals surface area contributed by atoms with Crippen LogP contribution >= 0.6 is 24.0 Å². The molecule has 1 saturated heterocycles. The van der Waals surface area contributed by atoms with Crippen LogP contribution in [0.2, 0.25) is 0 Å². The number of anilines is 1. The van der Waals surface area contributed by atoms with E-state index in [9.17, 15) is 0 Å². The van der Waals surface area contributed by atoms with Crippen molar-refractivity contribution < 1.29 is 14.2 Å². The number of methoxy groups -OCH3 is 1. The maximum atomic E-state index is 5.70. The minimum atomic E-state index is 0. The zero-order valence-electron chi connectivity index (χ0n) is 19.2. The van der Waals surface area contributed by atoms with Crippen LogP contribution in [0.15, 0.2) is 53.5 Å². The molecule has 0 saturated carbocycles. The summed E-state index contributed by atoms with van der Waals surface area (Å²) in [6.07, 6.45) is 0. The third-order valence-corrected chi connectivity index (χ3v) is 5.16. The highest BCUT2D eigenvalue weighted by Crippen LogP contribution is 2.30. The molecule has 2 N–H and O–H groups in total. The topological polar surface area (TPSA) is 67.4 Å². The maximum absolute atomic E-state index is 5.70. The first kappa shape index (κ1) is 26.2. The van der Waals surface area contributed by atoms with Gasteiger partial charge in [-0.05, 0) is 31.5 Å². The number of guanidine groups is 1. The molecule has 3 rings (SSSR count). The molecule has 8 heteroatoms. The summed E-state index contributed by atoms with van der Waals surface area (Å²) in [6, 6.07) is 16.6. The summed E-state index contributed by atoms with van der Waals surface area (Å²) < 4.78 is 16.6. The monoisotopic (exact) mass is 554 g/mol. The van der Waals surface area contributed by atoms with Gasteiger partial charge in [0.05, 0.1) is 39.5 Å². The van der Waals surface area contributed by atoms with E-state index in [0.29, 0.717) is 24.7 Å². The number of morpholine rings is 1. The molecule has 32 heavy (non-hydrogen) atoms. The molecule has 2 aromatic carbocycles. The van der Waals surface area contributed by atoms with Gasteiger partial charge in [-0.1, -0.05) is 30.3 Å². The molecule has 0 aliphatic carbocycles. The lowest BCUT2D eigenvalue weighted by Gasteiger charge is -2.34. The van der Waals surface area contributed by atoms with Crippen LogP contribution in [0, 0.1) is 0 Å². The molecule has 0 aromatic heterocycles. The van der Waals surface area contributed by atoms with Crippen molar-refractivity contribution in [2.75, 3.05) is 58.4 Å². The Balaban J connectivity index is 0.00000363. The second-order valence-corrected chi connectivity index (χ2v) is 7.22. The Hall–Kier alpha value is -2.04. The Morgan fingerprint density at radius 1 is 1.09 bits per heavy atom. The fourth-order valence-corrected chi connectivity index (χ4v) is 3.64. The van der Waals surface area contributed by atoms with Crippen molar-refractivity contribution in [3.63, 3.8) is 0 Å². The van der Waals surface area contributed by atoms with Gasteiger partial charge < -0.3 is 24.8 Å². The van der Waals surface area contributed by atoms with Gasteiger partial charge in [0.2, 0.25) is 0 Å². The van der Waals surface area contributed by atoms with Crippen molar-refractivity contribution in [3.05, 3.63) is 54.1 Å². The van der Waals surface area contributed by atoms with Crippen LogP contribution in [0.4, 0.5) is 5.69 Å². The van der Waals surface area contributed by atoms with Crippen LogP contribution in [0.1, 0.15) is 25.5 Å². The van der Waals surface area contributed by atoms with Gasteiger partial charge in [-0.25, -0.2) is 0 Å². The molecule has 0 amide bonds. The van der Waals surface area contributed by atoms with Crippen molar-refractivity contribution in [3.8, 4) is 11.5 Å². The lowest BCUT2D eigenvalue weighted by atomic mass is 10.1. The molecule has 2 aromatic rings. The average molecular weight is 554 g/mol. The fraction of sp³-hybridized carbons (Fsp3) is 0.458. The van der Waals surface area contributed by atoms with Crippen LogP contribution < -0.4 is 20.1 Å². The number of hydrogen-bond acceptors (Lipinski definition) is 5. The number of ether oxygens (including phenoxy) is 3. The summed E-state index contributed by atoms with van der Waals surface area (Å²) in [4.78, 5) is 7.37. The second-order valence-electron chi connectivity index (χ2n) is 7.22. The highest BCUT2D eigenvalue weighted by atomic mass is 127. The average Bonchev–Trinajstić information content (AvgIpc) is 2.81. The first-order chi connectivity index (χ1) is 15.2. The molecule has 1 aliphatic heterocycles. The van der Waals surface area contributed by atoms with E-state index in [4.69, 9.17) is 19.2 Å². The molecule has 1 heterocycles. The van der Waals surface area contributed by atoms with E-state index in [0.717, 1.165) is 44.5 Å². The Bertz CT molecular complexity index is 829. The normalized spacial score (nSPS) is 15.4. The van der Waals surface area contributed by atoms with Gasteiger partial charge in [-0.3, -0.25) is 9.89 Å². The fourth-order valence-electron chi connectivity index (χ4n) is 3.64. The lowest BCUT2D eigenvalue weighted by Crippen LogP contribution is -2.40. The van der Waals surface area contributed by atoms with Crippen molar-refractivity contribution in [2.24, 2.45) is 4.99 Å². The number of halogens is 1. The van der Waals surface area contributed by atoms with Crippen molar-refractivity contribution in [2.45, 2.75) is 19.9 Å². The van der Waals surface area contributed by atoms with E-state index in [1.54, 1.807) is 7.11 Å². The van der Waals surface area contributed by atoms with E-state index >= 15 is 0 Å². The van der Waals surface area contributed by atoms with E-state index in [1.807, 2.05) is 25.1 Å². The summed E-state index contributed by atoms with van der Waals surface area (Å²) in [6.45, 7) is 9.36. The minimum absolute atomic E-state index is 0. The summed E-state index contributed by atoms with van der Waals surface area (Å²) in [5.74, 6) is 2.16. The van der Waals surface area contributed by atoms with Crippen LogP contribution in [0.3, 0.4) is 0 Å². The Morgan fingerprint density at radius 3 is 2.50 bits per heavy atom. The number of nitrogens with one attached hydrogen (secondary N) is 2. The quantitative estimate of drug-likeness (QED) is 0.276. The van der Waals surface area contributed by atoms with Crippen LogP contribution in [0.25, 0.3) is 0 Å². The number of rotatable bonds is 9. The van der Waals surface area contributed by atoms with E-state index in [-0.39, 0.29) is 30.0 Å². The zero-order chi connectivity index (χ0) is 21.9. The molecular weight excluding hydrogens is 519 g/mol. The molecule has 1 aliphatic rings. The highest BCUT2D eigenvalue weighted by molar-refractivity contribution is 14.0. The first-order valence-electron chi connectivity index (χ1n) is 11.0. The number of benzene rings is 2. The Labute approximate surface area is 208 Å². The van der Waals surface area contributed by atoms with Gasteiger partial charge in [0.15, 0.2) is 17.5 Å². The lowest BCUT2D eigenvalue weighted by molar-refractivity contribution is 0.0180. The molecular formula is C24H35IN4O3. The maximum Gasteiger partial charge on any atom is 0.195 e. The van der Waals surface area contributed by atoms with Crippen molar-refractivity contribution >= 4 is 35.6 Å². The molecule has 7 nitrogen and oxygen atoms in total. The molecule has 0 bridgehead atoms. The largest absolute Gasteiger partial charge is 0.493 e. The van der Waals surface area contributed by atoms with Crippen LogP contribution in [-0.2, 0) is 4.74 Å². The van der Waals surface area contributed by atoms with Gasteiger partial charge in [0, 0.05) is 31.4 Å². The molecule has 1 fully saturated rings. The van der Waals surface area contributed by atoms with Crippen molar-refractivity contribution in [1.82, 2.24) is 10.2 Å². The third-order valence-electron chi connectivity index (χ3n) is 5.16. The van der Waals surface area contributed by atoms with Crippen LogP contribution in [0.5, 0.6) is 11.5 Å². The standard InChI is InChI=1S/C24H34N4O3.HI/c1-4-25-24(27-20-11-12-22(29-3)23(17-20)31-5-2)26-18-21(19-9-7-6-8-10-19)28-13-15-30-16-14-28;/h6-12,17,21H,4-5,13-16,18H2,1-3H3,(H2,25,26,27);1H. The molecule has 0 radical (unpaired) electrons. The van der Waals surface area contributed by atoms with E-state index in [1.165, 1.54) is 5.56 Å². The molecule has 1 unspecified atom stereocenters. The van der Waals surface area contributed by atoms with Gasteiger partial charge in [0.1, 0.15) is 0 Å². The smallest absolute Gasteiger partial charge is 0.195 e. The third kappa shape index (κ3) is 7.53. The van der Waals surface area contributed by atoms with Crippen LogP contribution in [-0.4, -0.2) is 64.0 Å². The van der Waals surface area contributed by atoms with Crippen molar-refractivity contribution in [1.29, 1.82) is 0 Å². The van der Waals surface area contributed by atoms with E-state index in [2.05, 4.69) is 52.8 Å². The highest BCUT2D eigenvalue weighted by Gasteiger charge is 2.22. The molecule has 1 atom stereocenters. The summed E-state index contributed by atoms with van der Waals surface area (Å²) >= 11 is 0. The SMILES string of the molecule is CCNC(=NCC(c1ccccc1)N1CCOCC1)Nc1ccc(OC)c(OCC)c1.I. The van der Waals surface area contributed by atoms with Gasteiger partial charge in [-0.15, -0.1) is 24.0 Å². The van der Waals surface area contributed by atoms with Gasteiger partial charge >= 0.3 is 0 Å². The number of nitrogens with zero attached hydrogens (tertiary/aromatic N) is 2. The van der Waals surface area contributed by atoms with E-state index < -0.39 is 0 Å². The molecule has 176 valence electrons. The van der Waals surface area contributed by atoms with Gasteiger partial charge in [0.25, 0.3) is 0 Å². The van der Waals surface area contributed by atoms with Gasteiger partial charge in [-0.2, -0.15) is 0 Å². The predicted octanol–water partition coefficient (Wildman–Crippen LogP) is 4.16. The Morgan fingerprint density at radius 2 is 1.84 bits per heavy atom.